The van der Waals surface area contributed by atoms with E-state index in [2.05, 4.69) is 0 Å². The van der Waals surface area contributed by atoms with Gasteiger partial charge in [-0.15, -0.1) is 0 Å². The molecule has 0 amide bonds. The van der Waals surface area contributed by atoms with Crippen molar-refractivity contribution in [2.75, 3.05) is 6.61 Å². The molecule has 1 atom stereocenters. The van der Waals surface area contributed by atoms with Crippen LogP contribution in [0.5, 0.6) is 0 Å². The lowest BCUT2D eigenvalue weighted by Crippen LogP contribution is -2.27. The molecule has 4 heteroatoms. The molecule has 0 heterocycles. The Morgan fingerprint density at radius 1 is 1.17 bits per heavy atom. The molecule has 104 valence electrons. The van der Waals surface area contributed by atoms with Crippen LogP contribution in [0, 0.1) is 5.92 Å². The Balaban J connectivity index is 2.38. The van der Waals surface area contributed by atoms with E-state index in [-0.39, 0.29) is 30.4 Å². The Bertz CT molecular complexity index is 269. The maximum atomic E-state index is 12.0. The van der Waals surface area contributed by atoms with Gasteiger partial charge in [0.05, 0.1) is 18.9 Å². The van der Waals surface area contributed by atoms with Gasteiger partial charge in [0.25, 0.3) is 0 Å². The monoisotopic (exact) mass is 256 g/mol. The molecule has 0 aliphatic heterocycles. The fraction of sp³-hybridized carbons (Fsp3) is 0.857. The highest BCUT2D eigenvalue weighted by Gasteiger charge is 2.25. The van der Waals surface area contributed by atoms with Gasteiger partial charge in [0.2, 0.25) is 0 Å². The molecule has 1 aliphatic carbocycles. The predicted octanol–water partition coefficient (Wildman–Crippen LogP) is 2.84. The van der Waals surface area contributed by atoms with Crippen LogP contribution in [0.25, 0.3) is 0 Å². The molecular formula is C14H24O4. The Labute approximate surface area is 109 Å². The summed E-state index contributed by atoms with van der Waals surface area (Å²) in [6.07, 6.45) is 6.22. The van der Waals surface area contributed by atoms with Crippen LogP contribution in [0.3, 0.4) is 0 Å². The molecule has 1 fully saturated rings. The van der Waals surface area contributed by atoms with Crippen molar-refractivity contribution in [3.05, 3.63) is 0 Å². The van der Waals surface area contributed by atoms with Crippen molar-refractivity contribution in [3.8, 4) is 0 Å². The van der Waals surface area contributed by atoms with E-state index in [1.807, 2.05) is 6.92 Å². The SMILES string of the molecule is CCOC(=O)CC(CC)C(=O)OC1CCCCC1. The quantitative estimate of drug-likeness (QED) is 0.686. The lowest BCUT2D eigenvalue weighted by Gasteiger charge is -2.24. The molecule has 0 aromatic rings. The van der Waals surface area contributed by atoms with Gasteiger partial charge in [-0.3, -0.25) is 9.59 Å². The standard InChI is InChI=1S/C14H24O4/c1-3-11(10-13(15)17-4-2)14(16)18-12-8-6-5-7-9-12/h11-12H,3-10H2,1-2H3. The lowest BCUT2D eigenvalue weighted by molar-refractivity contribution is -0.160. The molecule has 0 aromatic carbocycles. The van der Waals surface area contributed by atoms with Crippen LogP contribution in [-0.4, -0.2) is 24.6 Å². The zero-order valence-electron chi connectivity index (χ0n) is 11.4. The highest BCUT2D eigenvalue weighted by atomic mass is 16.5. The van der Waals surface area contributed by atoms with Gasteiger partial charge in [-0.1, -0.05) is 13.3 Å². The van der Waals surface area contributed by atoms with Crippen molar-refractivity contribution < 1.29 is 19.1 Å². The molecule has 1 aliphatic rings. The maximum Gasteiger partial charge on any atom is 0.309 e. The Morgan fingerprint density at radius 2 is 1.83 bits per heavy atom. The van der Waals surface area contributed by atoms with Gasteiger partial charge in [-0.2, -0.15) is 0 Å². The minimum Gasteiger partial charge on any atom is -0.466 e. The first kappa shape index (κ1) is 15.0. The van der Waals surface area contributed by atoms with Gasteiger partial charge < -0.3 is 9.47 Å². The molecular weight excluding hydrogens is 232 g/mol. The molecule has 0 N–H and O–H groups in total. The Hall–Kier alpha value is -1.06. The summed E-state index contributed by atoms with van der Waals surface area (Å²) >= 11 is 0. The van der Waals surface area contributed by atoms with Crippen molar-refractivity contribution >= 4 is 11.9 Å². The first-order valence-corrected chi connectivity index (χ1v) is 7.03. The minimum absolute atomic E-state index is 0.0579. The number of hydrogen-bond donors (Lipinski definition) is 0. The van der Waals surface area contributed by atoms with Gasteiger partial charge in [-0.05, 0) is 39.0 Å². The van der Waals surface area contributed by atoms with Gasteiger partial charge in [0, 0.05) is 0 Å². The summed E-state index contributed by atoms with van der Waals surface area (Å²) in [6, 6.07) is 0. The minimum atomic E-state index is -0.356. The van der Waals surface area contributed by atoms with E-state index in [1.54, 1.807) is 6.92 Å². The summed E-state index contributed by atoms with van der Waals surface area (Å²) in [5, 5.41) is 0. The van der Waals surface area contributed by atoms with Crippen LogP contribution < -0.4 is 0 Å². The van der Waals surface area contributed by atoms with E-state index in [1.165, 1.54) is 6.42 Å². The second kappa shape index (κ2) is 8.11. The van der Waals surface area contributed by atoms with Crippen LogP contribution in [0.1, 0.15) is 58.8 Å². The molecule has 0 saturated heterocycles. The molecule has 1 rings (SSSR count). The van der Waals surface area contributed by atoms with Crippen LogP contribution in [-0.2, 0) is 19.1 Å². The van der Waals surface area contributed by atoms with E-state index < -0.39 is 0 Å². The first-order valence-electron chi connectivity index (χ1n) is 7.03. The van der Waals surface area contributed by atoms with Crippen LogP contribution in [0.2, 0.25) is 0 Å². The number of esters is 2. The molecule has 0 aromatic heterocycles. The third-order valence-electron chi connectivity index (χ3n) is 3.38. The lowest BCUT2D eigenvalue weighted by atomic mass is 9.97. The third kappa shape index (κ3) is 5.07. The van der Waals surface area contributed by atoms with E-state index in [0.29, 0.717) is 13.0 Å². The van der Waals surface area contributed by atoms with Crippen molar-refractivity contribution in [2.24, 2.45) is 5.92 Å². The molecule has 4 nitrogen and oxygen atoms in total. The van der Waals surface area contributed by atoms with E-state index in [9.17, 15) is 9.59 Å². The largest absolute Gasteiger partial charge is 0.466 e. The number of rotatable bonds is 6. The Morgan fingerprint density at radius 3 is 2.39 bits per heavy atom. The van der Waals surface area contributed by atoms with Crippen molar-refractivity contribution in [1.29, 1.82) is 0 Å². The van der Waals surface area contributed by atoms with Gasteiger partial charge in [0.15, 0.2) is 0 Å². The fourth-order valence-corrected chi connectivity index (χ4v) is 2.26. The summed E-state index contributed by atoms with van der Waals surface area (Å²) in [6.45, 7) is 4.01. The van der Waals surface area contributed by atoms with Crippen molar-refractivity contribution in [2.45, 2.75) is 64.9 Å². The zero-order valence-corrected chi connectivity index (χ0v) is 11.4. The Kier molecular flexibility index (Phi) is 6.76. The number of hydrogen-bond acceptors (Lipinski definition) is 4. The second-order valence-electron chi connectivity index (χ2n) is 4.81. The van der Waals surface area contributed by atoms with E-state index >= 15 is 0 Å². The van der Waals surface area contributed by atoms with Crippen LogP contribution in [0.15, 0.2) is 0 Å². The summed E-state index contributed by atoms with van der Waals surface area (Å²) in [7, 11) is 0. The average Bonchev–Trinajstić information content (AvgIpc) is 2.37. The molecule has 0 radical (unpaired) electrons. The second-order valence-corrected chi connectivity index (χ2v) is 4.81. The summed E-state index contributed by atoms with van der Waals surface area (Å²) < 4.78 is 10.3. The molecule has 18 heavy (non-hydrogen) atoms. The molecule has 1 unspecified atom stereocenters. The summed E-state index contributed by atoms with van der Waals surface area (Å²) in [4.78, 5) is 23.3. The average molecular weight is 256 g/mol. The highest BCUT2D eigenvalue weighted by molar-refractivity contribution is 5.80. The smallest absolute Gasteiger partial charge is 0.309 e. The van der Waals surface area contributed by atoms with Crippen LogP contribution in [0.4, 0.5) is 0 Å². The van der Waals surface area contributed by atoms with E-state index in [4.69, 9.17) is 9.47 Å². The van der Waals surface area contributed by atoms with Crippen molar-refractivity contribution in [3.63, 3.8) is 0 Å². The third-order valence-corrected chi connectivity index (χ3v) is 3.38. The number of carbonyl (C=O) groups is 2. The normalized spacial score (nSPS) is 18.1. The predicted molar refractivity (Wildman–Crippen MR) is 68.0 cm³/mol. The van der Waals surface area contributed by atoms with Gasteiger partial charge in [0.1, 0.15) is 6.10 Å². The fourth-order valence-electron chi connectivity index (χ4n) is 2.26. The molecule has 0 bridgehead atoms. The first-order chi connectivity index (χ1) is 8.67. The number of carbonyl (C=O) groups excluding carboxylic acids is 2. The number of ether oxygens (including phenoxy) is 2. The van der Waals surface area contributed by atoms with Gasteiger partial charge in [-0.25, -0.2) is 0 Å². The summed E-state index contributed by atoms with van der Waals surface area (Å²) in [5.74, 6) is -0.909. The van der Waals surface area contributed by atoms with E-state index in [0.717, 1.165) is 25.7 Å². The topological polar surface area (TPSA) is 52.6 Å². The zero-order chi connectivity index (χ0) is 13.4. The highest BCUT2D eigenvalue weighted by Crippen LogP contribution is 2.22. The molecule has 0 spiro atoms. The maximum absolute atomic E-state index is 12.0. The summed E-state index contributed by atoms with van der Waals surface area (Å²) in [5.41, 5.74) is 0. The molecule has 1 saturated carbocycles. The van der Waals surface area contributed by atoms with Gasteiger partial charge >= 0.3 is 11.9 Å². The van der Waals surface area contributed by atoms with Crippen molar-refractivity contribution in [1.82, 2.24) is 0 Å². The van der Waals surface area contributed by atoms with Crippen LogP contribution >= 0.6 is 0 Å².